The van der Waals surface area contributed by atoms with Crippen molar-refractivity contribution in [3.05, 3.63) is 28.0 Å². The van der Waals surface area contributed by atoms with E-state index >= 15 is 0 Å². The van der Waals surface area contributed by atoms with E-state index in [4.69, 9.17) is 4.74 Å². The highest BCUT2D eigenvalue weighted by Gasteiger charge is 2.10. The maximum atomic E-state index is 13.2. The molecule has 1 aromatic rings. The molecule has 0 heterocycles. The SMILES string of the molecule is Cc1cc(Br)c(F)cc1NC(=O)OC(C)C. The molecule has 0 fully saturated rings. The van der Waals surface area contributed by atoms with E-state index in [2.05, 4.69) is 21.2 Å². The maximum Gasteiger partial charge on any atom is 0.411 e. The summed E-state index contributed by atoms with van der Waals surface area (Å²) >= 11 is 3.07. The van der Waals surface area contributed by atoms with Gasteiger partial charge in [-0.3, -0.25) is 5.32 Å². The number of amides is 1. The minimum atomic E-state index is -0.583. The minimum absolute atomic E-state index is 0.208. The first-order chi connectivity index (χ1) is 7.40. The molecule has 0 spiro atoms. The molecule has 0 saturated carbocycles. The maximum absolute atomic E-state index is 13.2. The quantitative estimate of drug-likeness (QED) is 0.898. The number of aryl methyl sites for hydroxylation is 1. The topological polar surface area (TPSA) is 38.3 Å². The predicted molar refractivity (Wildman–Crippen MR) is 64.1 cm³/mol. The molecule has 0 unspecified atom stereocenters. The first-order valence-electron chi connectivity index (χ1n) is 4.83. The number of halogens is 2. The lowest BCUT2D eigenvalue weighted by Crippen LogP contribution is -2.18. The molecule has 0 aliphatic rings. The lowest BCUT2D eigenvalue weighted by Gasteiger charge is -2.11. The Kier molecular flexibility index (Phi) is 4.29. The van der Waals surface area contributed by atoms with Gasteiger partial charge in [0.05, 0.1) is 10.6 Å². The number of hydrogen-bond acceptors (Lipinski definition) is 2. The van der Waals surface area contributed by atoms with Crippen molar-refractivity contribution in [1.82, 2.24) is 0 Å². The third-order valence-corrected chi connectivity index (χ3v) is 2.45. The number of hydrogen-bond donors (Lipinski definition) is 1. The van der Waals surface area contributed by atoms with Crippen LogP contribution in [0.15, 0.2) is 16.6 Å². The van der Waals surface area contributed by atoms with Gasteiger partial charge in [-0.2, -0.15) is 0 Å². The fourth-order valence-corrected chi connectivity index (χ4v) is 1.59. The van der Waals surface area contributed by atoms with Crippen molar-refractivity contribution in [2.24, 2.45) is 0 Å². The Morgan fingerprint density at radius 1 is 1.50 bits per heavy atom. The van der Waals surface area contributed by atoms with Crippen molar-refractivity contribution in [2.45, 2.75) is 26.9 Å². The number of nitrogens with one attached hydrogen (secondary N) is 1. The summed E-state index contributed by atoms with van der Waals surface area (Å²) in [6, 6.07) is 2.85. The Hall–Kier alpha value is -1.10. The van der Waals surface area contributed by atoms with Crippen LogP contribution >= 0.6 is 15.9 Å². The van der Waals surface area contributed by atoms with E-state index in [1.54, 1.807) is 26.8 Å². The second-order valence-electron chi connectivity index (χ2n) is 3.66. The summed E-state index contributed by atoms with van der Waals surface area (Å²) in [6.45, 7) is 5.26. The molecule has 1 N–H and O–H groups in total. The molecule has 0 aromatic heterocycles. The zero-order valence-electron chi connectivity index (χ0n) is 9.30. The number of ether oxygens (including phenoxy) is 1. The predicted octanol–water partition coefficient (Wildman–Crippen LogP) is 3.85. The molecule has 1 rings (SSSR count). The summed E-state index contributed by atoms with van der Waals surface area (Å²) < 4.78 is 18.5. The monoisotopic (exact) mass is 289 g/mol. The summed E-state index contributed by atoms with van der Waals surface area (Å²) in [4.78, 5) is 11.3. The first kappa shape index (κ1) is 13.0. The molecule has 0 bridgehead atoms. The molecule has 1 aromatic carbocycles. The standard InChI is InChI=1S/C11H13BrFNO2/c1-6(2)16-11(15)14-10-5-9(13)8(12)4-7(10)3/h4-6H,1-3H3,(H,14,15). The molecule has 0 aliphatic carbocycles. The lowest BCUT2D eigenvalue weighted by molar-refractivity contribution is 0.130. The van der Waals surface area contributed by atoms with Crippen LogP contribution in [-0.4, -0.2) is 12.2 Å². The van der Waals surface area contributed by atoms with Crippen LogP contribution in [0.1, 0.15) is 19.4 Å². The van der Waals surface area contributed by atoms with Crippen LogP contribution in [0.5, 0.6) is 0 Å². The summed E-state index contributed by atoms with van der Waals surface area (Å²) in [7, 11) is 0. The van der Waals surface area contributed by atoms with Crippen molar-refractivity contribution in [1.29, 1.82) is 0 Å². The fraction of sp³-hybridized carbons (Fsp3) is 0.364. The normalized spacial score (nSPS) is 10.4. The number of carbonyl (C=O) groups excluding carboxylic acids is 1. The van der Waals surface area contributed by atoms with E-state index in [9.17, 15) is 9.18 Å². The summed E-state index contributed by atoms with van der Waals surface area (Å²) in [5.41, 5.74) is 1.17. The third-order valence-electron chi connectivity index (χ3n) is 1.85. The molecular formula is C11H13BrFNO2. The molecule has 16 heavy (non-hydrogen) atoms. The summed E-state index contributed by atoms with van der Waals surface area (Å²) in [6.07, 6.45) is -0.791. The third kappa shape index (κ3) is 3.48. The van der Waals surface area contributed by atoms with E-state index in [0.717, 1.165) is 5.56 Å². The lowest BCUT2D eigenvalue weighted by atomic mass is 10.2. The molecule has 3 nitrogen and oxygen atoms in total. The molecule has 88 valence electrons. The Balaban J connectivity index is 2.81. The number of rotatable bonds is 2. The van der Waals surface area contributed by atoms with Crippen LogP contribution in [0.3, 0.4) is 0 Å². The van der Waals surface area contributed by atoms with Crippen LogP contribution in [0.2, 0.25) is 0 Å². The van der Waals surface area contributed by atoms with Gasteiger partial charge >= 0.3 is 6.09 Å². The van der Waals surface area contributed by atoms with E-state index in [1.165, 1.54) is 6.07 Å². The molecule has 1 amide bonds. The van der Waals surface area contributed by atoms with Crippen LogP contribution < -0.4 is 5.32 Å². The van der Waals surface area contributed by atoms with Crippen molar-refractivity contribution >= 4 is 27.7 Å². The average molecular weight is 290 g/mol. The molecule has 0 aliphatic heterocycles. The van der Waals surface area contributed by atoms with Crippen molar-refractivity contribution in [3.63, 3.8) is 0 Å². The van der Waals surface area contributed by atoms with Crippen molar-refractivity contribution in [3.8, 4) is 0 Å². The average Bonchev–Trinajstić information content (AvgIpc) is 2.12. The van der Waals surface area contributed by atoms with Gasteiger partial charge in [0.1, 0.15) is 5.82 Å². The molecule has 0 saturated heterocycles. The highest BCUT2D eigenvalue weighted by molar-refractivity contribution is 9.10. The summed E-state index contributed by atoms with van der Waals surface area (Å²) in [5.74, 6) is -0.426. The smallest absolute Gasteiger partial charge is 0.411 e. The van der Waals surface area contributed by atoms with Gasteiger partial charge in [-0.1, -0.05) is 0 Å². The highest BCUT2D eigenvalue weighted by Crippen LogP contribution is 2.24. The first-order valence-corrected chi connectivity index (χ1v) is 5.62. The minimum Gasteiger partial charge on any atom is -0.447 e. The second kappa shape index (κ2) is 5.30. The van der Waals surface area contributed by atoms with Crippen molar-refractivity contribution in [2.75, 3.05) is 5.32 Å². The van der Waals surface area contributed by atoms with Gasteiger partial charge in [-0.25, -0.2) is 9.18 Å². The Bertz CT molecular complexity index is 407. The van der Waals surface area contributed by atoms with E-state index in [1.807, 2.05) is 0 Å². The van der Waals surface area contributed by atoms with Gasteiger partial charge in [0.25, 0.3) is 0 Å². The van der Waals surface area contributed by atoms with Crippen LogP contribution in [0.25, 0.3) is 0 Å². The molecule has 5 heteroatoms. The number of benzene rings is 1. The molecule has 0 atom stereocenters. The fourth-order valence-electron chi connectivity index (χ4n) is 1.13. The van der Waals surface area contributed by atoms with Gasteiger partial charge in [-0.05, 0) is 54.4 Å². The zero-order valence-corrected chi connectivity index (χ0v) is 10.9. The van der Waals surface area contributed by atoms with E-state index in [0.29, 0.717) is 10.2 Å². The van der Waals surface area contributed by atoms with Crippen LogP contribution in [0.4, 0.5) is 14.9 Å². The van der Waals surface area contributed by atoms with E-state index < -0.39 is 11.9 Å². The number of anilines is 1. The Labute approximate surface area is 102 Å². The van der Waals surface area contributed by atoms with Gasteiger partial charge in [0.15, 0.2) is 0 Å². The largest absolute Gasteiger partial charge is 0.447 e. The molecule has 0 radical (unpaired) electrons. The second-order valence-corrected chi connectivity index (χ2v) is 4.51. The van der Waals surface area contributed by atoms with Crippen LogP contribution in [0, 0.1) is 12.7 Å². The Morgan fingerprint density at radius 3 is 2.69 bits per heavy atom. The highest BCUT2D eigenvalue weighted by atomic mass is 79.9. The van der Waals surface area contributed by atoms with E-state index in [-0.39, 0.29) is 6.10 Å². The van der Waals surface area contributed by atoms with Gasteiger partial charge in [0.2, 0.25) is 0 Å². The molecular weight excluding hydrogens is 277 g/mol. The number of carbonyl (C=O) groups is 1. The van der Waals surface area contributed by atoms with Gasteiger partial charge in [0, 0.05) is 5.69 Å². The zero-order chi connectivity index (χ0) is 12.3. The van der Waals surface area contributed by atoms with Crippen LogP contribution in [-0.2, 0) is 4.74 Å². The Morgan fingerprint density at radius 2 is 2.12 bits per heavy atom. The summed E-state index contributed by atoms with van der Waals surface area (Å²) in [5, 5.41) is 2.49. The van der Waals surface area contributed by atoms with Crippen molar-refractivity contribution < 1.29 is 13.9 Å². The van der Waals surface area contributed by atoms with Gasteiger partial charge in [-0.15, -0.1) is 0 Å². The van der Waals surface area contributed by atoms with Gasteiger partial charge < -0.3 is 4.74 Å².